The molecule has 1 atom stereocenters. The summed E-state index contributed by atoms with van der Waals surface area (Å²) < 4.78 is 5.39. The van der Waals surface area contributed by atoms with Gasteiger partial charge < -0.3 is 4.52 Å². The third kappa shape index (κ3) is 2.50. The molecule has 1 aliphatic carbocycles. The van der Waals surface area contributed by atoms with Gasteiger partial charge in [-0.3, -0.25) is 10.1 Å². The predicted molar refractivity (Wildman–Crippen MR) is 89.6 cm³/mol. The highest BCUT2D eigenvalue weighted by Gasteiger charge is 2.24. The van der Waals surface area contributed by atoms with Gasteiger partial charge in [-0.05, 0) is 42.0 Å². The monoisotopic (exact) mass is 306 g/mol. The van der Waals surface area contributed by atoms with Gasteiger partial charge in [0.05, 0.1) is 5.69 Å². The van der Waals surface area contributed by atoms with Crippen LogP contribution < -0.4 is 5.32 Å². The second-order valence-electron chi connectivity index (χ2n) is 6.27. The fourth-order valence-electron chi connectivity index (χ4n) is 3.27. The summed E-state index contributed by atoms with van der Waals surface area (Å²) >= 11 is 0. The molecule has 1 N–H and O–H groups in total. The molecule has 1 aliphatic rings. The van der Waals surface area contributed by atoms with Crippen LogP contribution in [0.15, 0.2) is 47.0 Å². The van der Waals surface area contributed by atoms with Crippen molar-refractivity contribution in [1.29, 1.82) is 0 Å². The molecule has 1 heterocycles. The van der Waals surface area contributed by atoms with Crippen molar-refractivity contribution in [3.63, 3.8) is 0 Å². The van der Waals surface area contributed by atoms with Gasteiger partial charge in [0.2, 0.25) is 5.88 Å². The Morgan fingerprint density at radius 2 is 2.04 bits per heavy atom. The Labute approximate surface area is 134 Å². The van der Waals surface area contributed by atoms with Crippen molar-refractivity contribution in [3.8, 4) is 0 Å². The summed E-state index contributed by atoms with van der Waals surface area (Å²) in [6.07, 6.45) is 2.95. The van der Waals surface area contributed by atoms with Gasteiger partial charge in [0.25, 0.3) is 5.91 Å². The fourth-order valence-corrected chi connectivity index (χ4v) is 3.27. The van der Waals surface area contributed by atoms with Gasteiger partial charge in [-0.15, -0.1) is 0 Å². The number of aromatic nitrogens is 1. The summed E-state index contributed by atoms with van der Waals surface area (Å²) in [6, 6.07) is 13.6. The van der Waals surface area contributed by atoms with E-state index >= 15 is 0 Å². The van der Waals surface area contributed by atoms with E-state index in [-0.39, 0.29) is 5.91 Å². The number of hydrogen-bond acceptors (Lipinski definition) is 3. The van der Waals surface area contributed by atoms with E-state index in [1.807, 2.05) is 42.5 Å². The average molecular weight is 306 g/mol. The number of amides is 1. The second-order valence-corrected chi connectivity index (χ2v) is 6.27. The van der Waals surface area contributed by atoms with E-state index in [0.717, 1.165) is 41.3 Å². The number of benzene rings is 2. The molecule has 0 saturated heterocycles. The molecule has 116 valence electrons. The summed E-state index contributed by atoms with van der Waals surface area (Å²) in [6.45, 7) is 2.21. The third-order valence-corrected chi connectivity index (χ3v) is 4.56. The third-order valence-electron chi connectivity index (χ3n) is 4.56. The van der Waals surface area contributed by atoms with E-state index < -0.39 is 0 Å². The van der Waals surface area contributed by atoms with Crippen LogP contribution in [0, 0.1) is 5.92 Å². The van der Waals surface area contributed by atoms with Crippen LogP contribution in [-0.4, -0.2) is 11.1 Å². The number of nitrogens with zero attached hydrogens (tertiary/aromatic N) is 1. The van der Waals surface area contributed by atoms with Gasteiger partial charge in [0, 0.05) is 11.1 Å². The number of aryl methyl sites for hydroxylation is 1. The minimum absolute atomic E-state index is 0.154. The van der Waals surface area contributed by atoms with Crippen LogP contribution in [0.5, 0.6) is 0 Å². The Hall–Kier alpha value is -2.62. The Balaban J connectivity index is 1.67. The standard InChI is InChI=1S/C19H18N2O2/c1-12-9-10-17-16(11-12)19(23-21-17)20-18(22)15-8-4-6-13-5-2-3-7-14(13)15/h2-8,12H,9-11H2,1H3,(H,20,22)/t12-/m0/s1. The van der Waals surface area contributed by atoms with Gasteiger partial charge in [0.1, 0.15) is 0 Å². The van der Waals surface area contributed by atoms with Crippen molar-refractivity contribution < 1.29 is 9.32 Å². The van der Waals surface area contributed by atoms with Gasteiger partial charge >= 0.3 is 0 Å². The number of carbonyl (C=O) groups is 1. The molecule has 0 unspecified atom stereocenters. The maximum Gasteiger partial charge on any atom is 0.258 e. The summed E-state index contributed by atoms with van der Waals surface area (Å²) in [4.78, 5) is 12.7. The van der Waals surface area contributed by atoms with E-state index in [2.05, 4.69) is 17.4 Å². The van der Waals surface area contributed by atoms with E-state index in [1.165, 1.54) is 0 Å². The SMILES string of the molecule is C[C@H]1CCc2noc(NC(=O)c3cccc4ccccc34)c2C1. The molecular formula is C19H18N2O2. The summed E-state index contributed by atoms with van der Waals surface area (Å²) in [5.41, 5.74) is 2.69. The lowest BCUT2D eigenvalue weighted by atomic mass is 9.89. The van der Waals surface area contributed by atoms with Crippen LogP contribution in [0.25, 0.3) is 10.8 Å². The largest absolute Gasteiger partial charge is 0.338 e. The maximum atomic E-state index is 12.7. The lowest BCUT2D eigenvalue weighted by Gasteiger charge is -2.16. The summed E-state index contributed by atoms with van der Waals surface area (Å²) in [5.74, 6) is 0.943. The first-order valence-corrected chi connectivity index (χ1v) is 7.99. The molecule has 2 aromatic carbocycles. The first-order valence-electron chi connectivity index (χ1n) is 7.99. The molecule has 4 nitrogen and oxygen atoms in total. The van der Waals surface area contributed by atoms with Crippen molar-refractivity contribution in [2.75, 3.05) is 5.32 Å². The molecule has 0 aliphatic heterocycles. The highest BCUT2D eigenvalue weighted by Crippen LogP contribution is 2.31. The van der Waals surface area contributed by atoms with Crippen LogP contribution in [0.2, 0.25) is 0 Å². The van der Waals surface area contributed by atoms with Crippen LogP contribution in [0.1, 0.15) is 35.0 Å². The van der Waals surface area contributed by atoms with E-state index in [0.29, 0.717) is 17.4 Å². The van der Waals surface area contributed by atoms with Crippen molar-refractivity contribution in [2.24, 2.45) is 5.92 Å². The molecule has 0 bridgehead atoms. The van der Waals surface area contributed by atoms with Crippen LogP contribution in [-0.2, 0) is 12.8 Å². The van der Waals surface area contributed by atoms with Crippen molar-refractivity contribution in [3.05, 3.63) is 59.3 Å². The van der Waals surface area contributed by atoms with Crippen molar-refractivity contribution >= 4 is 22.6 Å². The summed E-state index contributed by atoms with van der Waals surface area (Å²) in [5, 5.41) is 9.01. The quantitative estimate of drug-likeness (QED) is 0.772. The zero-order chi connectivity index (χ0) is 15.8. The molecule has 3 aromatic rings. The van der Waals surface area contributed by atoms with Gasteiger partial charge in [-0.25, -0.2) is 0 Å². The number of carbonyl (C=O) groups excluding carboxylic acids is 1. The van der Waals surface area contributed by atoms with Gasteiger partial charge in [-0.1, -0.05) is 48.5 Å². The first kappa shape index (κ1) is 14.0. The molecule has 1 amide bonds. The Kier molecular flexibility index (Phi) is 3.37. The number of fused-ring (bicyclic) bond motifs is 2. The number of hydrogen-bond donors (Lipinski definition) is 1. The minimum Gasteiger partial charge on any atom is -0.338 e. The minimum atomic E-state index is -0.154. The van der Waals surface area contributed by atoms with Crippen molar-refractivity contribution in [2.45, 2.75) is 26.2 Å². The van der Waals surface area contributed by atoms with E-state index in [1.54, 1.807) is 0 Å². The average Bonchev–Trinajstić information content (AvgIpc) is 2.96. The number of anilines is 1. The summed E-state index contributed by atoms with van der Waals surface area (Å²) in [7, 11) is 0. The molecule has 0 fully saturated rings. The number of rotatable bonds is 2. The topological polar surface area (TPSA) is 55.1 Å². The second kappa shape index (κ2) is 5.54. The van der Waals surface area contributed by atoms with E-state index in [4.69, 9.17) is 4.52 Å². The number of nitrogens with one attached hydrogen (secondary N) is 1. The first-order chi connectivity index (χ1) is 11.2. The normalized spacial score (nSPS) is 17.0. The van der Waals surface area contributed by atoms with Gasteiger partial charge in [0.15, 0.2) is 0 Å². The highest BCUT2D eigenvalue weighted by atomic mass is 16.5. The molecule has 0 spiro atoms. The van der Waals surface area contributed by atoms with Crippen molar-refractivity contribution in [1.82, 2.24) is 5.16 Å². The lowest BCUT2D eigenvalue weighted by molar-refractivity contribution is 0.102. The molecule has 4 rings (SSSR count). The Bertz CT molecular complexity index is 877. The Morgan fingerprint density at radius 3 is 2.96 bits per heavy atom. The fraction of sp³-hybridized carbons (Fsp3) is 0.263. The van der Waals surface area contributed by atoms with E-state index in [9.17, 15) is 4.79 Å². The zero-order valence-electron chi connectivity index (χ0n) is 13.0. The molecule has 0 saturated carbocycles. The lowest BCUT2D eigenvalue weighted by Crippen LogP contribution is -2.16. The van der Waals surface area contributed by atoms with Crippen LogP contribution in [0.4, 0.5) is 5.88 Å². The highest BCUT2D eigenvalue weighted by molar-refractivity contribution is 6.12. The van der Waals surface area contributed by atoms with Gasteiger partial charge in [-0.2, -0.15) is 0 Å². The maximum absolute atomic E-state index is 12.7. The molecule has 23 heavy (non-hydrogen) atoms. The smallest absolute Gasteiger partial charge is 0.258 e. The molecule has 0 radical (unpaired) electrons. The van der Waals surface area contributed by atoms with Crippen LogP contribution >= 0.6 is 0 Å². The molecular weight excluding hydrogens is 288 g/mol. The molecule has 4 heteroatoms. The Morgan fingerprint density at radius 1 is 1.22 bits per heavy atom. The van der Waals surface area contributed by atoms with Crippen LogP contribution in [0.3, 0.4) is 0 Å². The predicted octanol–water partition coefficient (Wildman–Crippen LogP) is 4.20. The molecule has 1 aromatic heterocycles. The zero-order valence-corrected chi connectivity index (χ0v) is 13.0.